The number of nitrogens with zero attached hydrogens (tertiary/aromatic N) is 1. The first-order valence-electron chi connectivity index (χ1n) is 8.28. The summed E-state index contributed by atoms with van der Waals surface area (Å²) >= 11 is 0. The maximum Gasteiger partial charge on any atom is 0.0481 e. The minimum absolute atomic E-state index is 0.804. The van der Waals surface area contributed by atoms with Gasteiger partial charge in [0.1, 0.15) is 0 Å². The molecule has 1 nitrogen and oxygen atoms in total. The molecule has 3 aromatic rings. The van der Waals surface area contributed by atoms with Crippen LogP contribution in [0.5, 0.6) is 0 Å². The summed E-state index contributed by atoms with van der Waals surface area (Å²) in [6, 6.07) is 27.6. The van der Waals surface area contributed by atoms with E-state index < -0.39 is 0 Å². The van der Waals surface area contributed by atoms with Crippen molar-refractivity contribution >= 4 is 11.4 Å². The van der Waals surface area contributed by atoms with Crippen molar-refractivity contribution in [3.05, 3.63) is 108 Å². The molecule has 0 unspecified atom stereocenters. The summed E-state index contributed by atoms with van der Waals surface area (Å²) in [5.74, 6) is 0. The standard InChI is InChI=1S/C23H23N/c1-18-13-15-22(16-14-18)20(3)24(17-21-10-5-4-6-11-21)23-12-8-7-9-19(23)2/h4-16H,3,17H2,1-2H3. The highest BCUT2D eigenvalue weighted by Gasteiger charge is 2.14. The molecular weight excluding hydrogens is 290 g/mol. The monoisotopic (exact) mass is 313 g/mol. The zero-order chi connectivity index (χ0) is 16.9. The van der Waals surface area contributed by atoms with Gasteiger partial charge in [0.15, 0.2) is 0 Å². The molecule has 3 rings (SSSR count). The van der Waals surface area contributed by atoms with Crippen LogP contribution in [0.15, 0.2) is 85.4 Å². The van der Waals surface area contributed by atoms with Crippen molar-refractivity contribution in [3.63, 3.8) is 0 Å². The molecule has 0 bridgehead atoms. The van der Waals surface area contributed by atoms with Crippen LogP contribution in [0.2, 0.25) is 0 Å². The number of benzene rings is 3. The fraction of sp³-hybridized carbons (Fsp3) is 0.130. The Hall–Kier alpha value is -2.80. The maximum absolute atomic E-state index is 4.39. The minimum atomic E-state index is 0.804. The SMILES string of the molecule is C=C(c1ccc(C)cc1)N(Cc1ccccc1)c1ccccc1C. The Morgan fingerprint density at radius 2 is 1.42 bits per heavy atom. The molecule has 0 radical (unpaired) electrons. The van der Waals surface area contributed by atoms with Crippen LogP contribution in [-0.2, 0) is 6.54 Å². The molecule has 3 aromatic carbocycles. The van der Waals surface area contributed by atoms with Gasteiger partial charge in [0.2, 0.25) is 0 Å². The number of hydrogen-bond donors (Lipinski definition) is 0. The van der Waals surface area contributed by atoms with E-state index in [2.05, 4.69) is 104 Å². The normalized spacial score (nSPS) is 10.4. The fourth-order valence-corrected chi connectivity index (χ4v) is 2.86. The second-order valence-electron chi connectivity index (χ2n) is 6.17. The molecule has 0 atom stereocenters. The number of para-hydroxylation sites is 1. The molecule has 0 saturated heterocycles. The van der Waals surface area contributed by atoms with Crippen LogP contribution < -0.4 is 4.90 Å². The summed E-state index contributed by atoms with van der Waals surface area (Å²) in [4.78, 5) is 2.30. The third kappa shape index (κ3) is 3.57. The second-order valence-corrected chi connectivity index (χ2v) is 6.17. The Labute approximate surface area is 144 Å². The summed E-state index contributed by atoms with van der Waals surface area (Å²) in [7, 11) is 0. The number of hydrogen-bond acceptors (Lipinski definition) is 1. The van der Waals surface area contributed by atoms with Crippen molar-refractivity contribution in [1.82, 2.24) is 0 Å². The van der Waals surface area contributed by atoms with Gasteiger partial charge in [-0.2, -0.15) is 0 Å². The summed E-state index contributed by atoms with van der Waals surface area (Å²) < 4.78 is 0. The number of anilines is 1. The Balaban J connectivity index is 2.00. The average molecular weight is 313 g/mol. The van der Waals surface area contributed by atoms with Crippen LogP contribution >= 0.6 is 0 Å². The predicted molar refractivity (Wildman–Crippen MR) is 104 cm³/mol. The molecule has 0 spiro atoms. The Morgan fingerprint density at radius 1 is 0.792 bits per heavy atom. The van der Waals surface area contributed by atoms with E-state index in [1.54, 1.807) is 0 Å². The van der Waals surface area contributed by atoms with Crippen LogP contribution in [-0.4, -0.2) is 0 Å². The van der Waals surface area contributed by atoms with Crippen molar-refractivity contribution in [3.8, 4) is 0 Å². The topological polar surface area (TPSA) is 3.24 Å². The Kier molecular flexibility index (Phi) is 4.81. The highest BCUT2D eigenvalue weighted by molar-refractivity contribution is 5.79. The maximum atomic E-state index is 4.39. The first kappa shape index (κ1) is 16.1. The van der Waals surface area contributed by atoms with Gasteiger partial charge in [-0.15, -0.1) is 0 Å². The van der Waals surface area contributed by atoms with Crippen molar-refractivity contribution in [2.75, 3.05) is 4.90 Å². The van der Waals surface area contributed by atoms with Gasteiger partial charge in [-0.3, -0.25) is 0 Å². The van der Waals surface area contributed by atoms with Crippen LogP contribution in [0, 0.1) is 13.8 Å². The molecule has 1 heteroatoms. The van der Waals surface area contributed by atoms with E-state index in [4.69, 9.17) is 0 Å². The highest BCUT2D eigenvalue weighted by Crippen LogP contribution is 2.29. The second kappa shape index (κ2) is 7.18. The van der Waals surface area contributed by atoms with Crippen LogP contribution in [0.25, 0.3) is 5.70 Å². The van der Waals surface area contributed by atoms with Gasteiger partial charge in [-0.25, -0.2) is 0 Å². The van der Waals surface area contributed by atoms with Crippen molar-refractivity contribution in [2.24, 2.45) is 0 Å². The summed E-state index contributed by atoms with van der Waals surface area (Å²) in [5.41, 5.74) is 7.16. The van der Waals surface area contributed by atoms with Crippen molar-refractivity contribution in [2.45, 2.75) is 20.4 Å². The molecule has 0 amide bonds. The largest absolute Gasteiger partial charge is 0.337 e. The van der Waals surface area contributed by atoms with E-state index in [9.17, 15) is 0 Å². The third-order valence-electron chi connectivity index (χ3n) is 4.30. The Morgan fingerprint density at radius 3 is 2.08 bits per heavy atom. The van der Waals surface area contributed by atoms with Crippen LogP contribution in [0.3, 0.4) is 0 Å². The first-order chi connectivity index (χ1) is 11.6. The lowest BCUT2D eigenvalue weighted by Crippen LogP contribution is -2.21. The van der Waals surface area contributed by atoms with Gasteiger partial charge in [-0.1, -0.05) is 84.9 Å². The molecule has 0 aromatic heterocycles. The zero-order valence-corrected chi connectivity index (χ0v) is 14.4. The van der Waals surface area contributed by atoms with E-state index in [0.29, 0.717) is 0 Å². The zero-order valence-electron chi connectivity index (χ0n) is 14.4. The van der Waals surface area contributed by atoms with Gasteiger partial charge < -0.3 is 4.90 Å². The molecule has 0 aliphatic rings. The summed E-state index contributed by atoms with van der Waals surface area (Å²) in [5, 5.41) is 0. The molecule has 0 saturated carbocycles. The molecule has 120 valence electrons. The smallest absolute Gasteiger partial charge is 0.0481 e. The molecule has 24 heavy (non-hydrogen) atoms. The Bertz CT molecular complexity index is 816. The fourth-order valence-electron chi connectivity index (χ4n) is 2.86. The molecular formula is C23H23N. The van der Waals surface area contributed by atoms with E-state index in [0.717, 1.165) is 17.8 Å². The third-order valence-corrected chi connectivity index (χ3v) is 4.30. The minimum Gasteiger partial charge on any atom is -0.337 e. The summed E-state index contributed by atoms with van der Waals surface area (Å²) in [6.45, 7) is 9.45. The van der Waals surface area contributed by atoms with Gasteiger partial charge in [0.25, 0.3) is 0 Å². The van der Waals surface area contributed by atoms with Gasteiger partial charge >= 0.3 is 0 Å². The average Bonchev–Trinajstić information content (AvgIpc) is 2.61. The van der Waals surface area contributed by atoms with E-state index >= 15 is 0 Å². The lowest BCUT2D eigenvalue weighted by atomic mass is 10.1. The van der Waals surface area contributed by atoms with Gasteiger partial charge in [-0.05, 0) is 36.6 Å². The molecule has 0 aliphatic carbocycles. The lowest BCUT2D eigenvalue weighted by molar-refractivity contribution is 0.978. The lowest BCUT2D eigenvalue weighted by Gasteiger charge is -2.29. The quantitative estimate of drug-likeness (QED) is 0.560. The van der Waals surface area contributed by atoms with Gasteiger partial charge in [0, 0.05) is 17.9 Å². The first-order valence-corrected chi connectivity index (χ1v) is 8.28. The predicted octanol–water partition coefficient (Wildman–Crippen LogP) is 5.98. The van der Waals surface area contributed by atoms with Crippen LogP contribution in [0.4, 0.5) is 5.69 Å². The van der Waals surface area contributed by atoms with E-state index in [1.165, 1.54) is 22.4 Å². The van der Waals surface area contributed by atoms with E-state index in [1.807, 2.05) is 0 Å². The summed E-state index contributed by atoms with van der Waals surface area (Å²) in [6.07, 6.45) is 0. The van der Waals surface area contributed by atoms with Crippen molar-refractivity contribution < 1.29 is 0 Å². The molecule has 0 aliphatic heterocycles. The molecule has 0 heterocycles. The number of rotatable bonds is 5. The molecule has 0 fully saturated rings. The van der Waals surface area contributed by atoms with Gasteiger partial charge in [0.05, 0.1) is 0 Å². The molecule has 0 N–H and O–H groups in total. The van der Waals surface area contributed by atoms with Crippen LogP contribution in [0.1, 0.15) is 22.3 Å². The van der Waals surface area contributed by atoms with E-state index in [-0.39, 0.29) is 0 Å². The van der Waals surface area contributed by atoms with Crippen molar-refractivity contribution in [1.29, 1.82) is 0 Å². The highest BCUT2D eigenvalue weighted by atomic mass is 15.1. The number of aryl methyl sites for hydroxylation is 2.